The predicted molar refractivity (Wildman–Crippen MR) is 72.8 cm³/mol. The molecule has 5 heteroatoms. The quantitative estimate of drug-likeness (QED) is 0.784. The zero-order valence-electron chi connectivity index (χ0n) is 13.1. The fourth-order valence-corrected chi connectivity index (χ4v) is 2.46. The van der Waals surface area contributed by atoms with Crippen LogP contribution in [-0.4, -0.2) is 39.7 Å². The lowest BCUT2D eigenvalue weighted by atomic mass is 9.98. The molecular formula is C14H25N3O2. The monoisotopic (exact) mass is 267 g/mol. The van der Waals surface area contributed by atoms with Gasteiger partial charge in [0.05, 0.1) is 6.07 Å². The standard InChI is InChI=1S/C14H25N3O2/c1-8-13(5)11(18)16(7)14(6,9-2)17(13)19-12(3,4)10-15/h8-9H2,1-7H3. The maximum Gasteiger partial charge on any atom is 0.246 e. The molecule has 0 aromatic rings. The average molecular weight is 267 g/mol. The Bertz CT molecular complexity index is 415. The van der Waals surface area contributed by atoms with Crippen molar-refractivity contribution in [3.63, 3.8) is 0 Å². The molecule has 0 N–H and O–H groups in total. The summed E-state index contributed by atoms with van der Waals surface area (Å²) in [6, 6.07) is 2.13. The number of amides is 1. The molecule has 2 atom stereocenters. The van der Waals surface area contributed by atoms with Crippen LogP contribution < -0.4 is 0 Å². The van der Waals surface area contributed by atoms with E-state index in [1.165, 1.54) is 0 Å². The normalized spacial score (nSPS) is 32.7. The van der Waals surface area contributed by atoms with E-state index < -0.39 is 16.8 Å². The number of carbonyl (C=O) groups is 1. The van der Waals surface area contributed by atoms with Gasteiger partial charge in [0.1, 0.15) is 11.2 Å². The number of nitriles is 1. The molecule has 1 amide bonds. The molecule has 0 saturated carbocycles. The second-order valence-electron chi connectivity index (χ2n) is 6.07. The van der Waals surface area contributed by atoms with Gasteiger partial charge in [-0.15, -0.1) is 5.06 Å². The second-order valence-corrected chi connectivity index (χ2v) is 6.07. The van der Waals surface area contributed by atoms with Crippen molar-refractivity contribution in [2.24, 2.45) is 0 Å². The third kappa shape index (κ3) is 2.24. The van der Waals surface area contributed by atoms with Gasteiger partial charge in [-0.2, -0.15) is 5.26 Å². The Balaban J connectivity index is 3.28. The second kappa shape index (κ2) is 4.77. The summed E-state index contributed by atoms with van der Waals surface area (Å²) in [5.74, 6) is 0.0353. The van der Waals surface area contributed by atoms with Crippen LogP contribution in [0, 0.1) is 11.3 Å². The molecule has 1 rings (SSSR count). The van der Waals surface area contributed by atoms with Gasteiger partial charge in [-0.25, -0.2) is 0 Å². The number of hydrogen-bond acceptors (Lipinski definition) is 4. The van der Waals surface area contributed by atoms with Crippen molar-refractivity contribution in [3.8, 4) is 6.07 Å². The van der Waals surface area contributed by atoms with Crippen molar-refractivity contribution in [1.82, 2.24) is 9.96 Å². The van der Waals surface area contributed by atoms with Crippen molar-refractivity contribution < 1.29 is 9.63 Å². The van der Waals surface area contributed by atoms with Gasteiger partial charge in [-0.05, 0) is 40.5 Å². The predicted octanol–water partition coefficient (Wildman–Crippen LogP) is 2.29. The van der Waals surface area contributed by atoms with Gasteiger partial charge in [-0.1, -0.05) is 13.8 Å². The van der Waals surface area contributed by atoms with E-state index in [2.05, 4.69) is 6.07 Å². The molecule has 1 saturated heterocycles. The van der Waals surface area contributed by atoms with Crippen LogP contribution in [0.15, 0.2) is 0 Å². The maximum absolute atomic E-state index is 12.5. The lowest BCUT2D eigenvalue weighted by Crippen LogP contribution is -2.56. The van der Waals surface area contributed by atoms with E-state index in [0.717, 1.165) is 6.42 Å². The van der Waals surface area contributed by atoms with Gasteiger partial charge in [-0.3, -0.25) is 9.63 Å². The van der Waals surface area contributed by atoms with Crippen LogP contribution in [0.3, 0.4) is 0 Å². The Morgan fingerprint density at radius 1 is 1.32 bits per heavy atom. The molecule has 1 aliphatic rings. The Labute approximate surface area is 116 Å². The first-order valence-corrected chi connectivity index (χ1v) is 6.78. The molecule has 108 valence electrons. The molecule has 5 nitrogen and oxygen atoms in total. The molecule has 0 spiro atoms. The summed E-state index contributed by atoms with van der Waals surface area (Å²) < 4.78 is 0. The largest absolute Gasteiger partial charge is 0.324 e. The molecule has 0 aromatic carbocycles. The number of likely N-dealkylation sites (N-methyl/N-ethyl adjacent to an activating group) is 1. The van der Waals surface area contributed by atoms with Gasteiger partial charge < -0.3 is 4.90 Å². The van der Waals surface area contributed by atoms with Gasteiger partial charge in [0.25, 0.3) is 0 Å². The number of nitrogens with zero attached hydrogens (tertiary/aromatic N) is 3. The molecule has 1 heterocycles. The topological polar surface area (TPSA) is 56.6 Å². The molecule has 1 fully saturated rings. The third-order valence-electron chi connectivity index (χ3n) is 4.32. The summed E-state index contributed by atoms with van der Waals surface area (Å²) in [7, 11) is 1.79. The van der Waals surface area contributed by atoms with Crippen LogP contribution in [-0.2, 0) is 9.63 Å². The molecule has 0 aromatic heterocycles. The first-order valence-electron chi connectivity index (χ1n) is 6.78. The van der Waals surface area contributed by atoms with Crippen LogP contribution in [0.2, 0.25) is 0 Å². The highest BCUT2D eigenvalue weighted by Crippen LogP contribution is 2.42. The number of hydroxylamine groups is 2. The smallest absolute Gasteiger partial charge is 0.246 e. The van der Waals surface area contributed by atoms with Crippen molar-refractivity contribution in [3.05, 3.63) is 0 Å². The van der Waals surface area contributed by atoms with Gasteiger partial charge in [0, 0.05) is 7.05 Å². The van der Waals surface area contributed by atoms with Gasteiger partial charge >= 0.3 is 0 Å². The average Bonchev–Trinajstić information content (AvgIpc) is 2.53. The van der Waals surface area contributed by atoms with Crippen LogP contribution in [0.5, 0.6) is 0 Å². The minimum atomic E-state index is -0.960. The summed E-state index contributed by atoms with van der Waals surface area (Å²) in [5.41, 5.74) is -2.22. The Morgan fingerprint density at radius 3 is 2.21 bits per heavy atom. The van der Waals surface area contributed by atoms with Crippen molar-refractivity contribution in [2.75, 3.05) is 7.05 Å². The highest BCUT2D eigenvalue weighted by Gasteiger charge is 2.60. The molecular weight excluding hydrogens is 242 g/mol. The fraction of sp³-hybridized carbons (Fsp3) is 0.857. The van der Waals surface area contributed by atoms with E-state index in [1.54, 1.807) is 30.9 Å². The third-order valence-corrected chi connectivity index (χ3v) is 4.32. The lowest BCUT2D eigenvalue weighted by molar-refractivity contribution is -0.299. The van der Waals surface area contributed by atoms with E-state index in [4.69, 9.17) is 4.84 Å². The molecule has 0 radical (unpaired) electrons. The van der Waals surface area contributed by atoms with Crippen LogP contribution in [0.4, 0.5) is 0 Å². The van der Waals surface area contributed by atoms with Crippen LogP contribution in [0.1, 0.15) is 54.4 Å². The summed E-state index contributed by atoms with van der Waals surface area (Å²) >= 11 is 0. The van der Waals surface area contributed by atoms with Crippen molar-refractivity contribution >= 4 is 5.91 Å². The minimum absolute atomic E-state index is 0.0353. The van der Waals surface area contributed by atoms with E-state index in [9.17, 15) is 10.1 Å². The SMILES string of the molecule is CCC1(C)C(=O)N(C)C(C)(CC)N1OC(C)(C)C#N. The molecule has 1 aliphatic heterocycles. The van der Waals surface area contributed by atoms with Gasteiger partial charge in [0.15, 0.2) is 5.60 Å². The summed E-state index contributed by atoms with van der Waals surface area (Å²) in [6.45, 7) is 11.2. The summed E-state index contributed by atoms with van der Waals surface area (Å²) in [4.78, 5) is 20.2. The van der Waals surface area contributed by atoms with Crippen LogP contribution in [0.25, 0.3) is 0 Å². The molecule has 2 unspecified atom stereocenters. The first-order chi connectivity index (χ1) is 8.59. The van der Waals surface area contributed by atoms with E-state index in [1.807, 2.05) is 27.7 Å². The van der Waals surface area contributed by atoms with Crippen molar-refractivity contribution in [1.29, 1.82) is 5.26 Å². The van der Waals surface area contributed by atoms with Gasteiger partial charge in [0.2, 0.25) is 5.91 Å². The highest BCUT2D eigenvalue weighted by molar-refractivity contribution is 5.88. The van der Waals surface area contributed by atoms with E-state index in [-0.39, 0.29) is 5.91 Å². The number of carbonyl (C=O) groups excluding carboxylic acids is 1. The molecule has 0 bridgehead atoms. The highest BCUT2D eigenvalue weighted by atomic mass is 16.7. The molecule has 0 aliphatic carbocycles. The molecule has 19 heavy (non-hydrogen) atoms. The Hall–Kier alpha value is -1.12. The zero-order chi connectivity index (χ0) is 15.1. The Morgan fingerprint density at radius 2 is 1.84 bits per heavy atom. The number of hydrogen-bond donors (Lipinski definition) is 0. The van der Waals surface area contributed by atoms with Crippen LogP contribution >= 0.6 is 0 Å². The lowest BCUT2D eigenvalue weighted by Gasteiger charge is -2.43. The Kier molecular flexibility index (Phi) is 4.00. The maximum atomic E-state index is 12.5. The van der Waals surface area contributed by atoms with Crippen molar-refractivity contribution in [2.45, 2.75) is 71.2 Å². The zero-order valence-corrected chi connectivity index (χ0v) is 13.1. The van der Waals surface area contributed by atoms with E-state index in [0.29, 0.717) is 6.42 Å². The first kappa shape index (κ1) is 15.9. The van der Waals surface area contributed by atoms with E-state index >= 15 is 0 Å². The summed E-state index contributed by atoms with van der Waals surface area (Å²) in [5, 5.41) is 10.9. The number of rotatable bonds is 4. The minimum Gasteiger partial charge on any atom is -0.324 e. The fourth-order valence-electron chi connectivity index (χ4n) is 2.46. The summed E-state index contributed by atoms with van der Waals surface area (Å²) in [6.07, 6.45) is 1.36.